The van der Waals surface area contributed by atoms with Crippen LogP contribution in [-0.2, 0) is 14.3 Å². The predicted octanol–water partition coefficient (Wildman–Crippen LogP) is 1.97. The Hall–Kier alpha value is -1.52. The van der Waals surface area contributed by atoms with E-state index < -0.39 is 12.1 Å². The molecule has 0 saturated heterocycles. The molecular formula is C11H16O5. The van der Waals surface area contributed by atoms with Crippen LogP contribution in [-0.4, -0.2) is 30.4 Å². The van der Waals surface area contributed by atoms with Crippen molar-refractivity contribution in [2.24, 2.45) is 5.92 Å². The molecule has 0 fully saturated rings. The van der Waals surface area contributed by atoms with Crippen LogP contribution in [0.5, 0.6) is 0 Å². The first-order valence-electron chi connectivity index (χ1n) is 5.27. The number of carboxylic acid groups (broad SMARTS) is 1. The van der Waals surface area contributed by atoms with Gasteiger partial charge in [-0.3, -0.25) is 4.79 Å². The maximum atomic E-state index is 10.9. The quantitative estimate of drug-likeness (QED) is 0.577. The van der Waals surface area contributed by atoms with E-state index in [2.05, 4.69) is 4.74 Å². The number of ether oxygens (including phenoxy) is 2. The number of allylic oxidation sites excluding steroid dienone is 1. The van der Waals surface area contributed by atoms with Gasteiger partial charge in [0, 0.05) is 0 Å². The summed E-state index contributed by atoms with van der Waals surface area (Å²) in [5.41, 5.74) is 0. The standard InChI is InChI=1S/C11H16O5/c1-15-11(14)16-9-5-3-2-4-8(6-7-9)10(12)13/h3,5,8-9H,2,4,6-7H2,1H3,(H,12,13)/b5-3+. The average molecular weight is 228 g/mol. The van der Waals surface area contributed by atoms with Gasteiger partial charge in [0.15, 0.2) is 0 Å². The molecule has 0 aromatic rings. The summed E-state index contributed by atoms with van der Waals surface area (Å²) in [6.45, 7) is 0. The minimum atomic E-state index is -0.785. The summed E-state index contributed by atoms with van der Waals surface area (Å²) in [7, 11) is 1.25. The third-order valence-electron chi connectivity index (χ3n) is 2.60. The monoisotopic (exact) mass is 228 g/mol. The van der Waals surface area contributed by atoms with Crippen molar-refractivity contribution in [3.63, 3.8) is 0 Å². The number of carboxylic acids is 1. The molecule has 16 heavy (non-hydrogen) atoms. The van der Waals surface area contributed by atoms with Crippen molar-refractivity contribution in [3.05, 3.63) is 12.2 Å². The lowest BCUT2D eigenvalue weighted by molar-refractivity contribution is -0.142. The first-order valence-corrected chi connectivity index (χ1v) is 5.27. The van der Waals surface area contributed by atoms with Gasteiger partial charge in [-0.05, 0) is 31.8 Å². The lowest BCUT2D eigenvalue weighted by Crippen LogP contribution is -2.21. The number of carbonyl (C=O) groups is 2. The lowest BCUT2D eigenvalue weighted by Gasteiger charge is -2.18. The summed E-state index contributed by atoms with van der Waals surface area (Å²) in [5, 5.41) is 8.91. The molecule has 1 aliphatic rings. The SMILES string of the molecule is COC(=O)OC1/C=C/CCC(C(=O)O)CC1. The Morgan fingerprint density at radius 2 is 2.06 bits per heavy atom. The van der Waals surface area contributed by atoms with E-state index in [4.69, 9.17) is 9.84 Å². The number of rotatable bonds is 2. The highest BCUT2D eigenvalue weighted by Crippen LogP contribution is 2.20. The van der Waals surface area contributed by atoms with Gasteiger partial charge in [0.2, 0.25) is 0 Å². The minimum absolute atomic E-state index is 0.353. The number of aliphatic carboxylic acids is 1. The molecular weight excluding hydrogens is 212 g/mol. The zero-order valence-corrected chi connectivity index (χ0v) is 9.22. The Labute approximate surface area is 94.0 Å². The Balaban J connectivity index is 2.51. The van der Waals surface area contributed by atoms with E-state index in [1.165, 1.54) is 7.11 Å². The Bertz CT molecular complexity index is 284. The molecule has 2 atom stereocenters. The van der Waals surface area contributed by atoms with Gasteiger partial charge in [0.1, 0.15) is 6.10 Å². The average Bonchev–Trinajstić information content (AvgIpc) is 2.21. The van der Waals surface area contributed by atoms with E-state index >= 15 is 0 Å². The van der Waals surface area contributed by atoms with Crippen LogP contribution in [0.3, 0.4) is 0 Å². The van der Waals surface area contributed by atoms with Crippen LogP contribution >= 0.6 is 0 Å². The van der Waals surface area contributed by atoms with Crippen molar-refractivity contribution in [3.8, 4) is 0 Å². The molecule has 0 heterocycles. The zero-order valence-electron chi connectivity index (χ0n) is 9.22. The Kier molecular flexibility index (Phi) is 4.82. The van der Waals surface area contributed by atoms with Gasteiger partial charge in [0.25, 0.3) is 0 Å². The summed E-state index contributed by atoms with van der Waals surface area (Å²) in [5.74, 6) is -1.14. The van der Waals surface area contributed by atoms with E-state index in [1.807, 2.05) is 6.08 Å². The van der Waals surface area contributed by atoms with Gasteiger partial charge in [-0.2, -0.15) is 0 Å². The molecule has 2 unspecified atom stereocenters. The summed E-state index contributed by atoms with van der Waals surface area (Å²) in [6, 6.07) is 0. The first kappa shape index (κ1) is 12.5. The number of carbonyl (C=O) groups excluding carboxylic acids is 1. The van der Waals surface area contributed by atoms with Crippen LogP contribution < -0.4 is 0 Å². The third kappa shape index (κ3) is 3.92. The van der Waals surface area contributed by atoms with Crippen LogP contribution in [0, 0.1) is 5.92 Å². The van der Waals surface area contributed by atoms with Gasteiger partial charge in [-0.25, -0.2) is 4.79 Å². The number of hydrogen-bond donors (Lipinski definition) is 1. The van der Waals surface area contributed by atoms with E-state index in [9.17, 15) is 9.59 Å². The molecule has 5 heteroatoms. The molecule has 1 aliphatic carbocycles. The highest BCUT2D eigenvalue weighted by Gasteiger charge is 2.21. The Morgan fingerprint density at radius 1 is 1.31 bits per heavy atom. The van der Waals surface area contributed by atoms with E-state index in [0.717, 1.165) is 0 Å². The van der Waals surface area contributed by atoms with Gasteiger partial charge >= 0.3 is 12.1 Å². The van der Waals surface area contributed by atoms with E-state index in [0.29, 0.717) is 25.7 Å². The summed E-state index contributed by atoms with van der Waals surface area (Å²) < 4.78 is 9.35. The fourth-order valence-electron chi connectivity index (χ4n) is 1.67. The topological polar surface area (TPSA) is 72.8 Å². The van der Waals surface area contributed by atoms with Gasteiger partial charge < -0.3 is 14.6 Å². The first-order chi connectivity index (χ1) is 7.63. The van der Waals surface area contributed by atoms with Crippen molar-refractivity contribution in [1.82, 2.24) is 0 Å². The van der Waals surface area contributed by atoms with E-state index in [1.54, 1.807) is 6.08 Å². The van der Waals surface area contributed by atoms with Crippen LogP contribution in [0.15, 0.2) is 12.2 Å². The molecule has 5 nitrogen and oxygen atoms in total. The third-order valence-corrected chi connectivity index (χ3v) is 2.60. The van der Waals surface area contributed by atoms with Crippen LogP contribution in [0.1, 0.15) is 25.7 Å². The lowest BCUT2D eigenvalue weighted by atomic mass is 9.93. The van der Waals surface area contributed by atoms with Gasteiger partial charge in [-0.15, -0.1) is 0 Å². The summed E-state index contributed by atoms with van der Waals surface area (Å²) >= 11 is 0. The van der Waals surface area contributed by atoms with E-state index in [-0.39, 0.29) is 12.0 Å². The number of methoxy groups -OCH3 is 1. The second-order valence-corrected chi connectivity index (χ2v) is 3.73. The minimum Gasteiger partial charge on any atom is -0.481 e. The van der Waals surface area contributed by atoms with Crippen molar-refractivity contribution < 1.29 is 24.2 Å². The Morgan fingerprint density at radius 3 is 2.69 bits per heavy atom. The molecule has 0 spiro atoms. The molecule has 90 valence electrons. The predicted molar refractivity (Wildman–Crippen MR) is 56.0 cm³/mol. The molecule has 0 saturated carbocycles. The normalized spacial score (nSPS) is 27.3. The molecule has 0 radical (unpaired) electrons. The van der Waals surface area contributed by atoms with Crippen molar-refractivity contribution in [1.29, 1.82) is 0 Å². The fraction of sp³-hybridized carbons (Fsp3) is 0.636. The van der Waals surface area contributed by atoms with Crippen molar-refractivity contribution in [2.75, 3.05) is 7.11 Å². The maximum absolute atomic E-state index is 10.9. The second-order valence-electron chi connectivity index (χ2n) is 3.73. The fourth-order valence-corrected chi connectivity index (χ4v) is 1.67. The molecule has 0 amide bonds. The number of hydrogen-bond acceptors (Lipinski definition) is 4. The zero-order chi connectivity index (χ0) is 12.0. The maximum Gasteiger partial charge on any atom is 0.508 e. The second kappa shape index (κ2) is 6.15. The highest BCUT2D eigenvalue weighted by molar-refractivity contribution is 5.69. The van der Waals surface area contributed by atoms with Crippen molar-refractivity contribution in [2.45, 2.75) is 31.8 Å². The summed E-state index contributed by atoms with van der Waals surface area (Å²) in [4.78, 5) is 21.7. The van der Waals surface area contributed by atoms with Gasteiger partial charge in [0.05, 0.1) is 13.0 Å². The van der Waals surface area contributed by atoms with Crippen molar-refractivity contribution >= 4 is 12.1 Å². The molecule has 1 N–H and O–H groups in total. The smallest absolute Gasteiger partial charge is 0.481 e. The van der Waals surface area contributed by atoms with Crippen LogP contribution in [0.4, 0.5) is 4.79 Å². The van der Waals surface area contributed by atoms with Crippen LogP contribution in [0.25, 0.3) is 0 Å². The summed E-state index contributed by atoms with van der Waals surface area (Å²) in [6.07, 6.45) is 4.88. The largest absolute Gasteiger partial charge is 0.508 e. The molecule has 0 aromatic carbocycles. The molecule has 0 aromatic heterocycles. The van der Waals surface area contributed by atoms with Gasteiger partial charge in [-0.1, -0.05) is 6.08 Å². The molecule has 0 aliphatic heterocycles. The van der Waals surface area contributed by atoms with Crippen LogP contribution in [0.2, 0.25) is 0 Å². The highest BCUT2D eigenvalue weighted by atomic mass is 16.7. The molecule has 1 rings (SSSR count). The molecule has 0 bridgehead atoms.